The minimum absolute atomic E-state index is 0.0215. The number of carbonyl (C=O) groups excluding carboxylic acids is 1. The van der Waals surface area contributed by atoms with Gasteiger partial charge in [0, 0.05) is 18.3 Å². The van der Waals surface area contributed by atoms with Crippen molar-refractivity contribution in [2.24, 2.45) is 5.92 Å². The van der Waals surface area contributed by atoms with E-state index in [0.29, 0.717) is 13.2 Å². The van der Waals surface area contributed by atoms with Crippen LogP contribution < -0.4 is 10.6 Å². The molecule has 88 valence electrons. The van der Waals surface area contributed by atoms with Crippen LogP contribution in [0.3, 0.4) is 0 Å². The summed E-state index contributed by atoms with van der Waals surface area (Å²) >= 11 is 1.74. The van der Waals surface area contributed by atoms with Crippen LogP contribution in [0.5, 0.6) is 0 Å². The minimum Gasteiger partial charge on any atom is -0.379 e. The smallest absolute Gasteiger partial charge is 0.227 e. The largest absolute Gasteiger partial charge is 0.379 e. The van der Waals surface area contributed by atoms with Crippen LogP contribution in [0.15, 0.2) is 0 Å². The second kappa shape index (κ2) is 7.09. The van der Waals surface area contributed by atoms with Crippen molar-refractivity contribution in [2.75, 3.05) is 38.3 Å². The Bertz CT molecular complexity index is 202. The van der Waals surface area contributed by atoms with Gasteiger partial charge in [0.25, 0.3) is 0 Å². The molecule has 2 atom stereocenters. The van der Waals surface area contributed by atoms with E-state index < -0.39 is 0 Å². The summed E-state index contributed by atoms with van der Waals surface area (Å²) < 4.78 is 5.32. The summed E-state index contributed by atoms with van der Waals surface area (Å²) in [4.78, 5) is 11.8. The number of thioether (sulfide) groups is 1. The molecule has 2 unspecified atom stereocenters. The summed E-state index contributed by atoms with van der Waals surface area (Å²) in [6, 6.07) is 0.185. The highest BCUT2D eigenvalue weighted by atomic mass is 32.2. The molecule has 1 amide bonds. The van der Waals surface area contributed by atoms with Crippen molar-refractivity contribution in [1.82, 2.24) is 10.6 Å². The Kier molecular flexibility index (Phi) is 6.05. The Labute approximate surface area is 95.5 Å². The van der Waals surface area contributed by atoms with Crippen molar-refractivity contribution in [3.8, 4) is 0 Å². The van der Waals surface area contributed by atoms with E-state index in [0.717, 1.165) is 18.8 Å². The standard InChI is InChI=1S/C10H20N2O2S/c1-3-11-9-7-14-6-8(9)10(13)12-4-5-15-2/h8-9,11H,3-7H2,1-2H3,(H,12,13). The molecule has 0 aromatic carbocycles. The molecule has 1 fully saturated rings. The lowest BCUT2D eigenvalue weighted by atomic mass is 10.0. The molecule has 4 nitrogen and oxygen atoms in total. The molecule has 15 heavy (non-hydrogen) atoms. The fourth-order valence-corrected chi connectivity index (χ4v) is 1.99. The van der Waals surface area contributed by atoms with Crippen LogP contribution in [0.1, 0.15) is 6.92 Å². The normalized spacial score (nSPS) is 25.5. The predicted octanol–water partition coefficient (Wildman–Crippen LogP) is 0.0901. The Morgan fingerprint density at radius 2 is 2.33 bits per heavy atom. The van der Waals surface area contributed by atoms with Crippen molar-refractivity contribution in [3.05, 3.63) is 0 Å². The fourth-order valence-electron chi connectivity index (χ4n) is 1.68. The SMILES string of the molecule is CCNC1COCC1C(=O)NCCSC. The fraction of sp³-hybridized carbons (Fsp3) is 0.900. The highest BCUT2D eigenvalue weighted by molar-refractivity contribution is 7.98. The maximum absolute atomic E-state index is 11.8. The van der Waals surface area contributed by atoms with Gasteiger partial charge >= 0.3 is 0 Å². The van der Waals surface area contributed by atoms with Gasteiger partial charge in [0.1, 0.15) is 0 Å². The predicted molar refractivity (Wildman–Crippen MR) is 63.2 cm³/mol. The third-order valence-corrected chi connectivity index (χ3v) is 3.10. The maximum atomic E-state index is 11.8. The molecule has 1 saturated heterocycles. The van der Waals surface area contributed by atoms with Gasteiger partial charge in [0.05, 0.1) is 19.1 Å². The first-order chi connectivity index (χ1) is 7.29. The lowest BCUT2D eigenvalue weighted by Gasteiger charge is -2.17. The zero-order chi connectivity index (χ0) is 11.1. The molecule has 0 aromatic heterocycles. The molecule has 1 aliphatic heterocycles. The van der Waals surface area contributed by atoms with E-state index in [4.69, 9.17) is 4.74 Å². The Balaban J connectivity index is 2.30. The number of amides is 1. The quantitative estimate of drug-likeness (QED) is 0.637. The molecule has 5 heteroatoms. The molecule has 1 heterocycles. The number of ether oxygens (including phenoxy) is 1. The van der Waals surface area contributed by atoms with Crippen LogP contribution in [0.4, 0.5) is 0 Å². The molecule has 2 N–H and O–H groups in total. The summed E-state index contributed by atoms with van der Waals surface area (Å²) in [7, 11) is 0. The highest BCUT2D eigenvalue weighted by Gasteiger charge is 2.32. The van der Waals surface area contributed by atoms with Crippen LogP contribution in [0.2, 0.25) is 0 Å². The summed E-state index contributed by atoms with van der Waals surface area (Å²) in [5.41, 5.74) is 0. The number of nitrogens with one attached hydrogen (secondary N) is 2. The molecule has 1 aliphatic rings. The number of hydrogen-bond acceptors (Lipinski definition) is 4. The second-order valence-electron chi connectivity index (χ2n) is 3.59. The molecule has 0 spiro atoms. The van der Waals surface area contributed by atoms with E-state index in [1.807, 2.05) is 13.2 Å². The van der Waals surface area contributed by atoms with Gasteiger partial charge in [-0.2, -0.15) is 11.8 Å². The zero-order valence-electron chi connectivity index (χ0n) is 9.41. The molecule has 0 radical (unpaired) electrons. The van der Waals surface area contributed by atoms with Gasteiger partial charge in [-0.25, -0.2) is 0 Å². The molecule has 0 saturated carbocycles. The second-order valence-corrected chi connectivity index (χ2v) is 4.58. The lowest BCUT2D eigenvalue weighted by molar-refractivity contribution is -0.125. The molecular formula is C10H20N2O2S. The average molecular weight is 232 g/mol. The molecule has 1 rings (SSSR count). The summed E-state index contributed by atoms with van der Waals surface area (Å²) in [5.74, 6) is 1.06. The van der Waals surface area contributed by atoms with E-state index in [2.05, 4.69) is 10.6 Å². The van der Waals surface area contributed by atoms with E-state index in [1.165, 1.54) is 0 Å². The van der Waals surface area contributed by atoms with Crippen molar-refractivity contribution in [2.45, 2.75) is 13.0 Å². The molecule has 0 aliphatic carbocycles. The average Bonchev–Trinajstić information content (AvgIpc) is 2.67. The van der Waals surface area contributed by atoms with Gasteiger partial charge in [-0.15, -0.1) is 0 Å². The number of hydrogen-bond donors (Lipinski definition) is 2. The summed E-state index contributed by atoms with van der Waals surface area (Å²) in [5, 5.41) is 6.21. The first-order valence-electron chi connectivity index (χ1n) is 5.37. The first kappa shape index (κ1) is 12.8. The third kappa shape index (κ3) is 4.01. The van der Waals surface area contributed by atoms with Crippen LogP contribution >= 0.6 is 11.8 Å². The topological polar surface area (TPSA) is 50.4 Å². The van der Waals surface area contributed by atoms with Crippen molar-refractivity contribution < 1.29 is 9.53 Å². The lowest BCUT2D eigenvalue weighted by Crippen LogP contribution is -2.44. The van der Waals surface area contributed by atoms with Gasteiger partial charge in [-0.1, -0.05) is 6.92 Å². The number of likely N-dealkylation sites (N-methyl/N-ethyl adjacent to an activating group) is 1. The Hall–Kier alpha value is -0.260. The van der Waals surface area contributed by atoms with Crippen LogP contribution in [0.25, 0.3) is 0 Å². The van der Waals surface area contributed by atoms with E-state index in [1.54, 1.807) is 11.8 Å². The van der Waals surface area contributed by atoms with Crippen LogP contribution in [-0.2, 0) is 9.53 Å². The van der Waals surface area contributed by atoms with Gasteiger partial charge in [0.2, 0.25) is 5.91 Å². The third-order valence-electron chi connectivity index (χ3n) is 2.49. The van der Waals surface area contributed by atoms with Crippen LogP contribution in [-0.4, -0.2) is 50.3 Å². The first-order valence-corrected chi connectivity index (χ1v) is 6.76. The van der Waals surface area contributed by atoms with E-state index in [-0.39, 0.29) is 17.9 Å². The van der Waals surface area contributed by atoms with Gasteiger partial charge in [0.15, 0.2) is 0 Å². The molecular weight excluding hydrogens is 212 g/mol. The summed E-state index contributed by atoms with van der Waals surface area (Å²) in [6.07, 6.45) is 2.03. The summed E-state index contributed by atoms with van der Waals surface area (Å²) in [6.45, 7) is 4.86. The number of carbonyl (C=O) groups is 1. The van der Waals surface area contributed by atoms with Crippen molar-refractivity contribution >= 4 is 17.7 Å². The Morgan fingerprint density at radius 1 is 1.53 bits per heavy atom. The maximum Gasteiger partial charge on any atom is 0.227 e. The van der Waals surface area contributed by atoms with Crippen LogP contribution in [0, 0.1) is 5.92 Å². The van der Waals surface area contributed by atoms with Gasteiger partial charge < -0.3 is 15.4 Å². The minimum atomic E-state index is -0.0215. The van der Waals surface area contributed by atoms with Crippen molar-refractivity contribution in [3.63, 3.8) is 0 Å². The number of rotatable bonds is 6. The Morgan fingerprint density at radius 3 is 3.00 bits per heavy atom. The molecule has 0 bridgehead atoms. The highest BCUT2D eigenvalue weighted by Crippen LogP contribution is 2.13. The zero-order valence-corrected chi connectivity index (χ0v) is 10.2. The van der Waals surface area contributed by atoms with E-state index >= 15 is 0 Å². The van der Waals surface area contributed by atoms with Gasteiger partial charge in [-0.3, -0.25) is 4.79 Å². The molecule has 0 aromatic rings. The monoisotopic (exact) mass is 232 g/mol. The van der Waals surface area contributed by atoms with Crippen molar-refractivity contribution in [1.29, 1.82) is 0 Å². The van der Waals surface area contributed by atoms with E-state index in [9.17, 15) is 4.79 Å². The van der Waals surface area contributed by atoms with Gasteiger partial charge in [-0.05, 0) is 12.8 Å².